The van der Waals surface area contributed by atoms with E-state index in [1.165, 1.54) is 5.56 Å². The predicted octanol–water partition coefficient (Wildman–Crippen LogP) is 1.95. The van der Waals surface area contributed by atoms with E-state index in [-0.39, 0.29) is 6.04 Å². The topological polar surface area (TPSA) is 47.3 Å². The first kappa shape index (κ1) is 14.0. The lowest BCUT2D eigenvalue weighted by Crippen LogP contribution is -2.37. The van der Waals surface area contributed by atoms with Gasteiger partial charge >= 0.3 is 0 Å². The summed E-state index contributed by atoms with van der Waals surface area (Å²) < 4.78 is 5.41. The van der Waals surface area contributed by atoms with Crippen LogP contribution in [0.5, 0.6) is 5.75 Å². The normalized spacial score (nSPS) is 14.4. The lowest BCUT2D eigenvalue weighted by Gasteiger charge is -2.15. The van der Waals surface area contributed by atoms with Gasteiger partial charge in [0.25, 0.3) is 0 Å². The third-order valence-electron chi connectivity index (χ3n) is 2.56. The summed E-state index contributed by atoms with van der Waals surface area (Å²) in [4.78, 5) is 0. The molecule has 2 atom stereocenters. The Morgan fingerprint density at radius 3 is 2.41 bits per heavy atom. The van der Waals surface area contributed by atoms with E-state index < -0.39 is 0 Å². The van der Waals surface area contributed by atoms with Gasteiger partial charge in [-0.3, -0.25) is 0 Å². The number of ether oxygens (including phenoxy) is 1. The fourth-order valence-electron chi connectivity index (χ4n) is 1.70. The Hall–Kier alpha value is -1.06. The van der Waals surface area contributed by atoms with Gasteiger partial charge in [-0.25, -0.2) is 0 Å². The van der Waals surface area contributed by atoms with Crippen LogP contribution in [0.25, 0.3) is 0 Å². The van der Waals surface area contributed by atoms with Crippen LogP contribution in [0.15, 0.2) is 24.3 Å². The van der Waals surface area contributed by atoms with Crippen molar-refractivity contribution in [3.63, 3.8) is 0 Å². The number of hydrogen-bond donors (Lipinski definition) is 2. The van der Waals surface area contributed by atoms with Crippen molar-refractivity contribution in [3.05, 3.63) is 29.8 Å². The van der Waals surface area contributed by atoms with E-state index in [1.54, 1.807) is 0 Å². The van der Waals surface area contributed by atoms with Crippen LogP contribution in [0, 0.1) is 0 Å². The molecule has 96 valence electrons. The molecular weight excluding hydrogens is 212 g/mol. The second-order valence-corrected chi connectivity index (χ2v) is 4.57. The molecule has 0 radical (unpaired) electrons. The van der Waals surface area contributed by atoms with Crippen molar-refractivity contribution in [1.82, 2.24) is 5.32 Å². The van der Waals surface area contributed by atoms with Crippen LogP contribution in [-0.4, -0.2) is 25.2 Å². The summed E-state index contributed by atoms with van der Waals surface area (Å²) >= 11 is 0. The molecule has 17 heavy (non-hydrogen) atoms. The van der Waals surface area contributed by atoms with Gasteiger partial charge in [-0.2, -0.15) is 0 Å². The standard InChI is InChI=1S/C14H24N2O/c1-4-17-14-7-5-13(6-8-14)9-12(3)16-10-11(2)15/h5-8,11-12,16H,4,9-10,15H2,1-3H3. The molecule has 1 aromatic carbocycles. The molecule has 0 heterocycles. The highest BCUT2D eigenvalue weighted by atomic mass is 16.5. The highest BCUT2D eigenvalue weighted by molar-refractivity contribution is 5.27. The Morgan fingerprint density at radius 1 is 1.24 bits per heavy atom. The number of hydrogen-bond acceptors (Lipinski definition) is 3. The van der Waals surface area contributed by atoms with E-state index in [9.17, 15) is 0 Å². The Kier molecular flexibility index (Phi) is 6.01. The average molecular weight is 236 g/mol. The highest BCUT2D eigenvalue weighted by Crippen LogP contribution is 2.13. The summed E-state index contributed by atoms with van der Waals surface area (Å²) in [5, 5.41) is 3.41. The molecule has 1 aromatic rings. The van der Waals surface area contributed by atoms with E-state index in [2.05, 4.69) is 24.4 Å². The molecule has 0 aliphatic carbocycles. The van der Waals surface area contributed by atoms with Gasteiger partial charge in [-0.15, -0.1) is 0 Å². The zero-order valence-corrected chi connectivity index (χ0v) is 11.1. The highest BCUT2D eigenvalue weighted by Gasteiger charge is 2.04. The third-order valence-corrected chi connectivity index (χ3v) is 2.56. The number of nitrogens with two attached hydrogens (primary N) is 1. The lowest BCUT2D eigenvalue weighted by molar-refractivity contribution is 0.340. The molecule has 3 nitrogen and oxygen atoms in total. The monoisotopic (exact) mass is 236 g/mol. The second kappa shape index (κ2) is 7.30. The number of benzene rings is 1. The fraction of sp³-hybridized carbons (Fsp3) is 0.571. The van der Waals surface area contributed by atoms with Crippen LogP contribution < -0.4 is 15.8 Å². The molecule has 2 unspecified atom stereocenters. The second-order valence-electron chi connectivity index (χ2n) is 4.57. The van der Waals surface area contributed by atoms with Crippen molar-refractivity contribution in [1.29, 1.82) is 0 Å². The molecule has 0 saturated heterocycles. The molecule has 3 N–H and O–H groups in total. The zero-order chi connectivity index (χ0) is 12.7. The molecule has 0 spiro atoms. The van der Waals surface area contributed by atoms with E-state index in [4.69, 9.17) is 10.5 Å². The molecule has 3 heteroatoms. The Balaban J connectivity index is 2.40. The predicted molar refractivity (Wildman–Crippen MR) is 72.4 cm³/mol. The van der Waals surface area contributed by atoms with Crippen LogP contribution in [0.3, 0.4) is 0 Å². The molecule has 0 aliphatic heterocycles. The van der Waals surface area contributed by atoms with Crippen LogP contribution in [0.4, 0.5) is 0 Å². The summed E-state index contributed by atoms with van der Waals surface area (Å²) in [6.07, 6.45) is 1.01. The van der Waals surface area contributed by atoms with Gasteiger partial charge < -0.3 is 15.8 Å². The molecule has 0 bridgehead atoms. The fourth-order valence-corrected chi connectivity index (χ4v) is 1.70. The minimum Gasteiger partial charge on any atom is -0.494 e. The molecule has 0 amide bonds. The largest absolute Gasteiger partial charge is 0.494 e. The van der Waals surface area contributed by atoms with Crippen LogP contribution in [0.2, 0.25) is 0 Å². The van der Waals surface area contributed by atoms with Crippen LogP contribution in [0.1, 0.15) is 26.3 Å². The Labute approximate surface area is 104 Å². The third kappa shape index (κ3) is 5.71. The summed E-state index contributed by atoms with van der Waals surface area (Å²) in [5.74, 6) is 0.937. The van der Waals surface area contributed by atoms with Crippen molar-refractivity contribution < 1.29 is 4.74 Å². The quantitative estimate of drug-likeness (QED) is 0.760. The van der Waals surface area contributed by atoms with Crippen molar-refractivity contribution in [2.45, 2.75) is 39.3 Å². The van der Waals surface area contributed by atoms with Gasteiger partial charge in [0.05, 0.1) is 6.61 Å². The molecule has 0 saturated carbocycles. The van der Waals surface area contributed by atoms with Crippen molar-refractivity contribution in [2.75, 3.05) is 13.2 Å². The Morgan fingerprint density at radius 2 is 1.88 bits per heavy atom. The van der Waals surface area contributed by atoms with Crippen LogP contribution in [-0.2, 0) is 6.42 Å². The van der Waals surface area contributed by atoms with Gasteiger partial charge in [-0.05, 0) is 44.9 Å². The van der Waals surface area contributed by atoms with Gasteiger partial charge in [0.15, 0.2) is 0 Å². The molecule has 0 aromatic heterocycles. The first-order valence-corrected chi connectivity index (χ1v) is 6.32. The average Bonchev–Trinajstić information content (AvgIpc) is 2.29. The van der Waals surface area contributed by atoms with E-state index in [0.717, 1.165) is 18.7 Å². The van der Waals surface area contributed by atoms with Crippen molar-refractivity contribution in [2.24, 2.45) is 5.73 Å². The van der Waals surface area contributed by atoms with E-state index in [0.29, 0.717) is 12.6 Å². The van der Waals surface area contributed by atoms with Gasteiger partial charge in [0, 0.05) is 18.6 Å². The number of rotatable bonds is 7. The van der Waals surface area contributed by atoms with E-state index in [1.807, 2.05) is 26.0 Å². The minimum atomic E-state index is 0.206. The summed E-state index contributed by atoms with van der Waals surface area (Å²) in [6.45, 7) is 7.76. The lowest BCUT2D eigenvalue weighted by atomic mass is 10.1. The maximum Gasteiger partial charge on any atom is 0.119 e. The van der Waals surface area contributed by atoms with Gasteiger partial charge in [-0.1, -0.05) is 12.1 Å². The minimum absolute atomic E-state index is 0.206. The first-order valence-electron chi connectivity index (χ1n) is 6.32. The smallest absolute Gasteiger partial charge is 0.119 e. The maximum atomic E-state index is 5.71. The van der Waals surface area contributed by atoms with Gasteiger partial charge in [0.2, 0.25) is 0 Å². The SMILES string of the molecule is CCOc1ccc(CC(C)NCC(C)N)cc1. The number of nitrogens with one attached hydrogen (secondary N) is 1. The van der Waals surface area contributed by atoms with Crippen LogP contribution >= 0.6 is 0 Å². The summed E-state index contributed by atoms with van der Waals surface area (Å²) in [7, 11) is 0. The molecule has 0 aliphatic rings. The zero-order valence-electron chi connectivity index (χ0n) is 11.1. The van der Waals surface area contributed by atoms with Crippen molar-refractivity contribution >= 4 is 0 Å². The van der Waals surface area contributed by atoms with Crippen molar-refractivity contribution in [3.8, 4) is 5.75 Å². The van der Waals surface area contributed by atoms with Gasteiger partial charge in [0.1, 0.15) is 5.75 Å². The molecule has 1 rings (SSSR count). The maximum absolute atomic E-state index is 5.71. The van der Waals surface area contributed by atoms with E-state index >= 15 is 0 Å². The molecular formula is C14H24N2O. The summed E-state index contributed by atoms with van der Waals surface area (Å²) in [6, 6.07) is 8.94. The molecule has 0 fully saturated rings. The summed E-state index contributed by atoms with van der Waals surface area (Å²) in [5.41, 5.74) is 7.03. The Bertz CT molecular complexity index is 309. The first-order chi connectivity index (χ1) is 8.11.